The maximum absolute atomic E-state index is 13.7. The van der Waals surface area contributed by atoms with Gasteiger partial charge in [0, 0.05) is 0 Å². The summed E-state index contributed by atoms with van der Waals surface area (Å²) in [6.07, 6.45) is -5.27. The number of benzene rings is 2. The number of alkyl halides is 3. The van der Waals surface area contributed by atoms with E-state index < -0.39 is 68.7 Å². The van der Waals surface area contributed by atoms with Crippen LogP contribution >= 0.6 is 0 Å². The number of phenols is 1. The van der Waals surface area contributed by atoms with Gasteiger partial charge in [-0.25, -0.2) is 9.59 Å². The van der Waals surface area contributed by atoms with Crippen LogP contribution in [0.25, 0.3) is 0 Å². The van der Waals surface area contributed by atoms with Gasteiger partial charge in [0.1, 0.15) is 22.8 Å². The number of nitriles is 1. The van der Waals surface area contributed by atoms with E-state index in [1.807, 2.05) is 0 Å². The molecule has 37 heavy (non-hydrogen) atoms. The van der Waals surface area contributed by atoms with Crippen molar-refractivity contribution in [3.63, 3.8) is 0 Å². The fraction of sp³-hybridized carbons (Fsp3) is 0.174. The van der Waals surface area contributed by atoms with Crippen LogP contribution in [0.15, 0.2) is 65.1 Å². The molecule has 14 heteroatoms. The van der Waals surface area contributed by atoms with Gasteiger partial charge in [0.2, 0.25) is 0 Å². The van der Waals surface area contributed by atoms with Crippen molar-refractivity contribution >= 4 is 23.3 Å². The van der Waals surface area contributed by atoms with Gasteiger partial charge >= 0.3 is 18.1 Å². The third kappa shape index (κ3) is 4.61. The van der Waals surface area contributed by atoms with E-state index in [0.717, 1.165) is 14.2 Å². The highest BCUT2D eigenvalue weighted by atomic mass is 19.4. The van der Waals surface area contributed by atoms with E-state index in [1.165, 1.54) is 12.1 Å². The van der Waals surface area contributed by atoms with Gasteiger partial charge in [-0.2, -0.15) is 18.4 Å². The van der Waals surface area contributed by atoms with Crippen LogP contribution in [0.1, 0.15) is 17.0 Å². The summed E-state index contributed by atoms with van der Waals surface area (Å²) in [5.41, 5.74) is 0.643. The lowest BCUT2D eigenvalue weighted by Crippen LogP contribution is -2.41. The molecule has 0 bridgehead atoms. The lowest BCUT2D eigenvalue weighted by molar-refractivity contribution is -0.388. The monoisotopic (exact) mass is 518 g/mol. The van der Waals surface area contributed by atoms with Crippen molar-refractivity contribution in [2.24, 2.45) is 5.73 Å². The van der Waals surface area contributed by atoms with Gasteiger partial charge in [0.15, 0.2) is 0 Å². The number of nitro benzene ring substituents is 1. The molecular formula is C23H17F3N4O7. The van der Waals surface area contributed by atoms with Gasteiger partial charge in [-0.05, 0) is 11.6 Å². The fourth-order valence-corrected chi connectivity index (χ4v) is 3.89. The quantitative estimate of drug-likeness (QED) is 0.340. The highest BCUT2D eigenvalue weighted by Gasteiger charge is 2.45. The molecule has 0 fully saturated rings. The minimum Gasteiger partial charge on any atom is -0.505 e. The largest absolute Gasteiger partial charge is 0.505 e. The number of aromatic hydroxyl groups is 1. The second kappa shape index (κ2) is 9.90. The lowest BCUT2D eigenvalue weighted by atomic mass is 9.81. The lowest BCUT2D eigenvalue weighted by Gasteiger charge is -2.36. The normalized spacial score (nSPS) is 15.8. The molecule has 2 aromatic carbocycles. The number of hydrogen-bond acceptors (Lipinski definition) is 10. The molecule has 192 valence electrons. The van der Waals surface area contributed by atoms with Crippen molar-refractivity contribution in [2.45, 2.75) is 12.1 Å². The van der Waals surface area contributed by atoms with Crippen LogP contribution in [0.5, 0.6) is 5.75 Å². The number of carbonyl (C=O) groups is 2. The Labute approximate surface area is 206 Å². The molecule has 0 saturated carbocycles. The van der Waals surface area contributed by atoms with Gasteiger partial charge in [0.25, 0.3) is 5.69 Å². The fourth-order valence-electron chi connectivity index (χ4n) is 3.89. The molecule has 2 aromatic rings. The second-order valence-corrected chi connectivity index (χ2v) is 7.45. The van der Waals surface area contributed by atoms with Gasteiger partial charge in [-0.15, -0.1) is 0 Å². The SMILES string of the molecule is COC(=O)C1=C(C(=O)OC)N(c2cc(C(F)(F)F)c([N+](=O)[O-])cc2O)C(N)=C(C#N)C1c1ccccc1. The molecule has 1 heterocycles. The molecule has 0 radical (unpaired) electrons. The number of ether oxygens (including phenoxy) is 2. The zero-order chi connectivity index (χ0) is 27.7. The Bertz CT molecular complexity index is 1400. The van der Waals surface area contributed by atoms with Crippen molar-refractivity contribution in [2.75, 3.05) is 19.1 Å². The van der Waals surface area contributed by atoms with Crippen LogP contribution in [0.2, 0.25) is 0 Å². The molecule has 1 aliphatic rings. The van der Waals surface area contributed by atoms with Gasteiger partial charge in [-0.3, -0.25) is 15.0 Å². The van der Waals surface area contributed by atoms with Crippen molar-refractivity contribution in [3.8, 4) is 11.8 Å². The predicted molar refractivity (Wildman–Crippen MR) is 119 cm³/mol. The molecule has 1 unspecified atom stereocenters. The van der Waals surface area contributed by atoms with Crippen LogP contribution in [0.3, 0.4) is 0 Å². The number of nitrogens with two attached hydrogens (primary N) is 1. The minimum atomic E-state index is -5.27. The first-order valence-electron chi connectivity index (χ1n) is 10.1. The number of phenolic OH excluding ortho intramolecular Hbond substituents is 1. The molecule has 1 aliphatic heterocycles. The van der Waals surface area contributed by atoms with E-state index in [0.29, 0.717) is 10.5 Å². The summed E-state index contributed by atoms with van der Waals surface area (Å²) >= 11 is 0. The van der Waals surface area contributed by atoms with Crippen molar-refractivity contribution in [3.05, 3.63) is 86.4 Å². The Balaban J connectivity index is 2.50. The number of esters is 2. The van der Waals surface area contributed by atoms with E-state index in [-0.39, 0.29) is 17.7 Å². The number of rotatable bonds is 5. The number of anilines is 1. The Morgan fingerprint density at radius 1 is 1.16 bits per heavy atom. The van der Waals surface area contributed by atoms with E-state index in [1.54, 1.807) is 24.3 Å². The summed E-state index contributed by atoms with van der Waals surface area (Å²) in [6.45, 7) is 0. The topological polar surface area (TPSA) is 169 Å². The number of hydrogen-bond donors (Lipinski definition) is 2. The Kier molecular flexibility index (Phi) is 7.10. The summed E-state index contributed by atoms with van der Waals surface area (Å²) < 4.78 is 50.7. The Hall–Kier alpha value is -5.06. The minimum absolute atomic E-state index is 0.177. The highest BCUT2D eigenvalue weighted by Crippen LogP contribution is 2.48. The van der Waals surface area contributed by atoms with Crippen LogP contribution in [-0.4, -0.2) is 36.2 Å². The van der Waals surface area contributed by atoms with Crippen molar-refractivity contribution in [1.82, 2.24) is 0 Å². The third-order valence-electron chi connectivity index (χ3n) is 5.45. The molecule has 11 nitrogen and oxygen atoms in total. The number of allylic oxidation sites excluding steroid dienone is 1. The molecule has 3 N–H and O–H groups in total. The maximum atomic E-state index is 13.7. The summed E-state index contributed by atoms with van der Waals surface area (Å²) in [5, 5.41) is 31.7. The molecule has 1 atom stereocenters. The number of methoxy groups -OCH3 is 2. The van der Waals surface area contributed by atoms with Crippen LogP contribution in [-0.2, 0) is 25.2 Å². The first-order valence-corrected chi connectivity index (χ1v) is 10.1. The zero-order valence-electron chi connectivity index (χ0n) is 19.1. The summed E-state index contributed by atoms with van der Waals surface area (Å²) in [5.74, 6) is -5.50. The van der Waals surface area contributed by atoms with E-state index in [9.17, 15) is 43.2 Å². The average Bonchev–Trinajstić information content (AvgIpc) is 2.86. The third-order valence-corrected chi connectivity index (χ3v) is 5.45. The molecule has 0 aromatic heterocycles. The molecule has 0 amide bonds. The Morgan fingerprint density at radius 3 is 2.24 bits per heavy atom. The van der Waals surface area contributed by atoms with E-state index >= 15 is 0 Å². The van der Waals surface area contributed by atoms with Crippen LogP contribution in [0.4, 0.5) is 24.5 Å². The Morgan fingerprint density at radius 2 is 1.76 bits per heavy atom. The predicted octanol–water partition coefficient (Wildman–Crippen LogP) is 3.22. The first kappa shape index (κ1) is 26.5. The van der Waals surface area contributed by atoms with Gasteiger partial charge in [0.05, 0.1) is 54.0 Å². The number of nitro groups is 1. The highest BCUT2D eigenvalue weighted by molar-refractivity contribution is 6.06. The average molecular weight is 518 g/mol. The number of halogens is 3. The van der Waals surface area contributed by atoms with E-state index in [4.69, 9.17) is 15.2 Å². The standard InChI is InChI=1S/C23H17F3N4O7/c1-36-21(32)18-17(11-6-4-3-5-7-11)12(10-27)20(28)29(19(18)22(33)37-2)15-8-13(23(24,25)26)14(30(34)35)9-16(15)31/h3-9,17,31H,28H2,1-2H3. The van der Waals surface area contributed by atoms with Crippen LogP contribution < -0.4 is 10.6 Å². The first-order chi connectivity index (χ1) is 17.4. The number of nitrogens with zero attached hydrogens (tertiary/aromatic N) is 3. The van der Waals surface area contributed by atoms with Gasteiger partial charge in [-0.1, -0.05) is 30.3 Å². The summed E-state index contributed by atoms with van der Waals surface area (Å²) in [6, 6.07) is 9.96. The van der Waals surface area contributed by atoms with Crippen LogP contribution in [0, 0.1) is 21.4 Å². The second-order valence-electron chi connectivity index (χ2n) is 7.45. The maximum Gasteiger partial charge on any atom is 0.423 e. The van der Waals surface area contributed by atoms with E-state index in [2.05, 4.69) is 0 Å². The summed E-state index contributed by atoms with van der Waals surface area (Å²) in [4.78, 5) is 36.3. The molecule has 0 spiro atoms. The number of carbonyl (C=O) groups excluding carboxylic acids is 2. The molecular weight excluding hydrogens is 501 g/mol. The van der Waals surface area contributed by atoms with Crippen molar-refractivity contribution in [1.29, 1.82) is 5.26 Å². The van der Waals surface area contributed by atoms with Gasteiger partial charge < -0.3 is 20.3 Å². The zero-order valence-corrected chi connectivity index (χ0v) is 19.1. The molecule has 0 aliphatic carbocycles. The smallest absolute Gasteiger partial charge is 0.423 e. The summed E-state index contributed by atoms with van der Waals surface area (Å²) in [7, 11) is 1.88. The molecule has 3 rings (SSSR count). The van der Waals surface area contributed by atoms with Crippen molar-refractivity contribution < 1.29 is 42.3 Å². The molecule has 0 saturated heterocycles.